The largest absolute Gasteiger partial charge is 0.324 e. The standard InChI is InChI=1S/C11H20N4O2S/c1-9-10(7-13-15-9)18(16,17)14-8-11(12)5-3-2-4-6-11/h7,14H,2-6,8,12H2,1H3,(H,13,15). The smallest absolute Gasteiger partial charge is 0.244 e. The summed E-state index contributed by atoms with van der Waals surface area (Å²) in [6, 6.07) is 0. The first-order chi connectivity index (χ1) is 8.43. The maximum absolute atomic E-state index is 12.1. The third kappa shape index (κ3) is 2.90. The van der Waals surface area contributed by atoms with Crippen molar-refractivity contribution in [3.05, 3.63) is 11.9 Å². The second kappa shape index (κ2) is 4.99. The van der Waals surface area contributed by atoms with Crippen LogP contribution in [0, 0.1) is 6.92 Å². The van der Waals surface area contributed by atoms with Gasteiger partial charge in [-0.15, -0.1) is 0 Å². The molecule has 7 heteroatoms. The van der Waals surface area contributed by atoms with Crippen molar-refractivity contribution in [2.75, 3.05) is 6.54 Å². The van der Waals surface area contributed by atoms with Crippen molar-refractivity contribution in [2.24, 2.45) is 5.73 Å². The van der Waals surface area contributed by atoms with Crippen molar-refractivity contribution in [1.82, 2.24) is 14.9 Å². The summed E-state index contributed by atoms with van der Waals surface area (Å²) in [5.74, 6) is 0. The summed E-state index contributed by atoms with van der Waals surface area (Å²) in [6.07, 6.45) is 6.40. The minimum Gasteiger partial charge on any atom is -0.324 e. The summed E-state index contributed by atoms with van der Waals surface area (Å²) in [6.45, 7) is 1.97. The van der Waals surface area contributed by atoms with Crippen molar-refractivity contribution >= 4 is 10.0 Å². The van der Waals surface area contributed by atoms with Gasteiger partial charge in [-0.3, -0.25) is 5.10 Å². The van der Waals surface area contributed by atoms with Crippen LogP contribution in [0.2, 0.25) is 0 Å². The van der Waals surface area contributed by atoms with E-state index in [-0.39, 0.29) is 4.90 Å². The van der Waals surface area contributed by atoms with Gasteiger partial charge in [-0.05, 0) is 19.8 Å². The summed E-state index contributed by atoms with van der Waals surface area (Å²) < 4.78 is 26.7. The molecule has 0 spiro atoms. The van der Waals surface area contributed by atoms with Gasteiger partial charge in [0, 0.05) is 12.1 Å². The monoisotopic (exact) mass is 272 g/mol. The molecule has 1 aliphatic rings. The second-order valence-electron chi connectivity index (χ2n) is 5.11. The molecule has 4 N–H and O–H groups in total. The van der Waals surface area contributed by atoms with Crippen molar-refractivity contribution in [3.63, 3.8) is 0 Å². The predicted molar refractivity (Wildman–Crippen MR) is 68.5 cm³/mol. The molecule has 0 amide bonds. The van der Waals surface area contributed by atoms with Crippen LogP contribution in [0.25, 0.3) is 0 Å². The summed E-state index contributed by atoms with van der Waals surface area (Å²) in [4.78, 5) is 0.196. The van der Waals surface area contributed by atoms with E-state index in [0.717, 1.165) is 25.7 Å². The van der Waals surface area contributed by atoms with Crippen LogP contribution in [-0.4, -0.2) is 30.7 Å². The molecule has 0 radical (unpaired) electrons. The predicted octanol–water partition coefficient (Wildman–Crippen LogP) is 0.658. The number of hydrogen-bond acceptors (Lipinski definition) is 4. The summed E-state index contributed by atoms with van der Waals surface area (Å²) in [5, 5.41) is 6.35. The first-order valence-corrected chi connectivity index (χ1v) is 7.70. The van der Waals surface area contributed by atoms with Crippen LogP contribution in [0.5, 0.6) is 0 Å². The number of aromatic nitrogens is 2. The van der Waals surface area contributed by atoms with Gasteiger partial charge >= 0.3 is 0 Å². The van der Waals surface area contributed by atoms with Gasteiger partial charge < -0.3 is 5.73 Å². The Balaban J connectivity index is 2.03. The van der Waals surface area contributed by atoms with E-state index in [1.54, 1.807) is 6.92 Å². The molecule has 18 heavy (non-hydrogen) atoms. The van der Waals surface area contributed by atoms with E-state index in [1.165, 1.54) is 12.6 Å². The van der Waals surface area contributed by atoms with E-state index >= 15 is 0 Å². The van der Waals surface area contributed by atoms with Crippen molar-refractivity contribution in [2.45, 2.75) is 49.5 Å². The summed E-state index contributed by atoms with van der Waals surface area (Å²) in [5.41, 5.74) is 6.35. The van der Waals surface area contributed by atoms with E-state index < -0.39 is 15.6 Å². The van der Waals surface area contributed by atoms with E-state index in [1.807, 2.05) is 0 Å². The Hall–Kier alpha value is -0.920. The number of nitrogens with two attached hydrogens (primary N) is 1. The highest BCUT2D eigenvalue weighted by Gasteiger charge is 2.29. The van der Waals surface area contributed by atoms with E-state index in [2.05, 4.69) is 14.9 Å². The lowest BCUT2D eigenvalue weighted by molar-refractivity contribution is 0.296. The fourth-order valence-corrected chi connectivity index (χ4v) is 3.63. The van der Waals surface area contributed by atoms with Gasteiger partial charge in [0.1, 0.15) is 4.90 Å². The zero-order valence-corrected chi connectivity index (χ0v) is 11.4. The van der Waals surface area contributed by atoms with Gasteiger partial charge in [-0.2, -0.15) is 5.10 Å². The quantitative estimate of drug-likeness (QED) is 0.749. The normalized spacial score (nSPS) is 19.9. The molecule has 1 aliphatic carbocycles. The number of nitrogens with zero attached hydrogens (tertiary/aromatic N) is 1. The molecule has 6 nitrogen and oxygen atoms in total. The topological polar surface area (TPSA) is 101 Å². The highest BCUT2D eigenvalue weighted by molar-refractivity contribution is 7.89. The highest BCUT2D eigenvalue weighted by atomic mass is 32.2. The molecule has 1 heterocycles. The van der Waals surface area contributed by atoms with Crippen molar-refractivity contribution in [1.29, 1.82) is 0 Å². The fraction of sp³-hybridized carbons (Fsp3) is 0.727. The maximum Gasteiger partial charge on any atom is 0.244 e. The SMILES string of the molecule is Cc1[nH]ncc1S(=O)(=O)NCC1(N)CCCCC1. The van der Waals surface area contributed by atoms with Crippen LogP contribution < -0.4 is 10.5 Å². The molecule has 1 saturated carbocycles. The van der Waals surface area contributed by atoms with Gasteiger partial charge in [0.25, 0.3) is 0 Å². The van der Waals surface area contributed by atoms with Crippen molar-refractivity contribution < 1.29 is 8.42 Å². The molecule has 0 atom stereocenters. The number of H-pyrrole nitrogens is 1. The van der Waals surface area contributed by atoms with Crippen LogP contribution in [0.3, 0.4) is 0 Å². The van der Waals surface area contributed by atoms with E-state index in [9.17, 15) is 8.42 Å². The third-order valence-corrected chi connectivity index (χ3v) is 5.05. The van der Waals surface area contributed by atoms with Gasteiger partial charge in [0.2, 0.25) is 10.0 Å². The molecule has 1 aromatic heterocycles. The molecule has 102 valence electrons. The molecule has 0 unspecified atom stereocenters. The number of rotatable bonds is 4. The summed E-state index contributed by atoms with van der Waals surface area (Å²) in [7, 11) is -3.51. The zero-order valence-electron chi connectivity index (χ0n) is 10.6. The lowest BCUT2D eigenvalue weighted by Gasteiger charge is -2.33. The minimum absolute atomic E-state index is 0.196. The lowest BCUT2D eigenvalue weighted by atomic mass is 9.83. The fourth-order valence-electron chi connectivity index (χ4n) is 2.36. The molecule has 1 fully saturated rings. The number of nitrogens with one attached hydrogen (secondary N) is 2. The molecule has 0 aliphatic heterocycles. The van der Waals surface area contributed by atoms with Crippen LogP contribution in [-0.2, 0) is 10.0 Å². The average Bonchev–Trinajstić information content (AvgIpc) is 2.75. The Kier molecular flexibility index (Phi) is 3.74. The van der Waals surface area contributed by atoms with Gasteiger partial charge in [0.15, 0.2) is 0 Å². The zero-order chi connectivity index (χ0) is 13.2. The highest BCUT2D eigenvalue weighted by Crippen LogP contribution is 2.25. The van der Waals surface area contributed by atoms with Gasteiger partial charge in [0.05, 0.1) is 11.9 Å². The van der Waals surface area contributed by atoms with Crippen LogP contribution in [0.1, 0.15) is 37.8 Å². The number of hydrogen-bond donors (Lipinski definition) is 3. The maximum atomic E-state index is 12.1. The Morgan fingerprint density at radius 2 is 2.11 bits per heavy atom. The lowest BCUT2D eigenvalue weighted by Crippen LogP contribution is -2.51. The number of sulfonamides is 1. The van der Waals surface area contributed by atoms with Crippen molar-refractivity contribution in [3.8, 4) is 0 Å². The van der Waals surface area contributed by atoms with Crippen LogP contribution in [0.4, 0.5) is 0 Å². The molecule has 1 aromatic rings. The number of aromatic amines is 1. The average molecular weight is 272 g/mol. The van der Waals surface area contributed by atoms with E-state index in [0.29, 0.717) is 12.2 Å². The molecule has 0 aromatic carbocycles. The first kappa shape index (κ1) is 13.5. The van der Waals surface area contributed by atoms with Gasteiger partial charge in [-0.25, -0.2) is 13.1 Å². The Bertz CT molecular complexity index is 503. The molecular weight excluding hydrogens is 252 g/mol. The first-order valence-electron chi connectivity index (χ1n) is 6.21. The molecule has 2 rings (SSSR count). The molecular formula is C11H20N4O2S. The molecule has 0 bridgehead atoms. The Morgan fingerprint density at radius 3 is 2.67 bits per heavy atom. The third-order valence-electron chi connectivity index (χ3n) is 3.54. The Morgan fingerprint density at radius 1 is 1.44 bits per heavy atom. The van der Waals surface area contributed by atoms with Crippen LogP contribution in [0.15, 0.2) is 11.1 Å². The summed E-state index contributed by atoms with van der Waals surface area (Å²) >= 11 is 0. The second-order valence-corrected chi connectivity index (χ2v) is 6.84. The molecule has 0 saturated heterocycles. The van der Waals surface area contributed by atoms with E-state index in [4.69, 9.17) is 5.73 Å². The van der Waals surface area contributed by atoms with Gasteiger partial charge in [-0.1, -0.05) is 19.3 Å². The number of aryl methyl sites for hydroxylation is 1. The minimum atomic E-state index is -3.51. The van der Waals surface area contributed by atoms with Crippen LogP contribution >= 0.6 is 0 Å². The Labute approximate surface area is 107 Å².